The van der Waals surface area contributed by atoms with Crippen molar-refractivity contribution in [3.05, 3.63) is 41.0 Å². The number of carbonyl (C=O) groups is 1. The van der Waals surface area contributed by atoms with Crippen LogP contribution in [0.3, 0.4) is 0 Å². The summed E-state index contributed by atoms with van der Waals surface area (Å²) in [5.41, 5.74) is 9.50. The van der Waals surface area contributed by atoms with Crippen molar-refractivity contribution in [1.82, 2.24) is 14.8 Å². The number of nitrogen functional groups attached to an aromatic ring is 1. The average Bonchev–Trinajstić information content (AvgIpc) is 2.76. The molecule has 0 aliphatic carbocycles. The number of Topliss-reactive ketones (excluding diaryl/α,β-unsaturated/α-hetero) is 1. The van der Waals surface area contributed by atoms with Gasteiger partial charge in [-0.3, -0.25) is 14.5 Å². The van der Waals surface area contributed by atoms with Crippen molar-refractivity contribution < 1.29 is 4.79 Å². The summed E-state index contributed by atoms with van der Waals surface area (Å²) in [5, 5.41) is 4.36. The topological polar surface area (TPSA) is 73.8 Å². The number of nitrogens with two attached hydrogens (primary N) is 1. The molecule has 2 rings (SSSR count). The highest BCUT2D eigenvalue weighted by atomic mass is 16.1. The Bertz CT molecular complexity index is 643. The van der Waals surface area contributed by atoms with Gasteiger partial charge in [-0.15, -0.1) is 0 Å². The quantitative estimate of drug-likeness (QED) is 0.868. The second-order valence-corrected chi connectivity index (χ2v) is 5.33. The van der Waals surface area contributed by atoms with Crippen LogP contribution in [0.1, 0.15) is 47.3 Å². The van der Waals surface area contributed by atoms with Crippen molar-refractivity contribution in [3.63, 3.8) is 0 Å². The average molecular weight is 272 g/mol. The van der Waals surface area contributed by atoms with Crippen molar-refractivity contribution >= 4 is 11.5 Å². The second-order valence-electron chi connectivity index (χ2n) is 5.33. The molecule has 0 aromatic carbocycles. The monoisotopic (exact) mass is 272 g/mol. The van der Waals surface area contributed by atoms with E-state index in [2.05, 4.69) is 10.1 Å². The summed E-state index contributed by atoms with van der Waals surface area (Å²) < 4.78 is 1.86. The van der Waals surface area contributed by atoms with Crippen LogP contribution in [-0.2, 0) is 6.42 Å². The number of rotatable bonds is 4. The Morgan fingerprint density at radius 3 is 2.60 bits per heavy atom. The lowest BCUT2D eigenvalue weighted by molar-refractivity contribution is 0.0987. The number of pyridine rings is 1. The van der Waals surface area contributed by atoms with Gasteiger partial charge in [-0.25, -0.2) is 0 Å². The van der Waals surface area contributed by atoms with Gasteiger partial charge in [-0.1, -0.05) is 0 Å². The Hall–Kier alpha value is -2.17. The molecule has 0 aliphatic heterocycles. The van der Waals surface area contributed by atoms with Crippen molar-refractivity contribution in [1.29, 1.82) is 0 Å². The molecule has 2 N–H and O–H groups in total. The van der Waals surface area contributed by atoms with E-state index in [9.17, 15) is 4.79 Å². The highest BCUT2D eigenvalue weighted by Crippen LogP contribution is 2.14. The van der Waals surface area contributed by atoms with Crippen molar-refractivity contribution in [2.24, 2.45) is 0 Å². The Labute approximate surface area is 118 Å². The van der Waals surface area contributed by atoms with Crippen LogP contribution >= 0.6 is 0 Å². The van der Waals surface area contributed by atoms with E-state index in [0.29, 0.717) is 11.4 Å². The third-order valence-corrected chi connectivity index (χ3v) is 3.24. The summed E-state index contributed by atoms with van der Waals surface area (Å²) in [6, 6.07) is 3.87. The fraction of sp³-hybridized carbons (Fsp3) is 0.400. The van der Waals surface area contributed by atoms with E-state index in [1.54, 1.807) is 12.3 Å². The lowest BCUT2D eigenvalue weighted by atomic mass is 10.1. The highest BCUT2D eigenvalue weighted by Gasteiger charge is 2.14. The molecule has 0 saturated heterocycles. The first-order valence-corrected chi connectivity index (χ1v) is 6.69. The molecule has 2 aromatic rings. The molecular formula is C15H20N4O. The zero-order chi connectivity index (χ0) is 14.9. The summed E-state index contributed by atoms with van der Waals surface area (Å²) >= 11 is 0. The van der Waals surface area contributed by atoms with Gasteiger partial charge in [0.2, 0.25) is 0 Å². The minimum absolute atomic E-state index is 0.0162. The molecule has 106 valence electrons. The molecule has 20 heavy (non-hydrogen) atoms. The van der Waals surface area contributed by atoms with E-state index >= 15 is 0 Å². The van der Waals surface area contributed by atoms with Gasteiger partial charge in [-0.2, -0.15) is 5.10 Å². The van der Waals surface area contributed by atoms with E-state index in [0.717, 1.165) is 17.0 Å². The maximum atomic E-state index is 12.3. The minimum atomic E-state index is -0.0162. The number of carbonyl (C=O) groups excluding carboxylic acids is 1. The molecule has 0 spiro atoms. The van der Waals surface area contributed by atoms with Gasteiger partial charge in [0.1, 0.15) is 5.69 Å². The van der Waals surface area contributed by atoms with Crippen LogP contribution in [0.15, 0.2) is 18.3 Å². The molecule has 0 atom stereocenters. The lowest BCUT2D eigenvalue weighted by Gasteiger charge is -2.07. The number of ketones is 1. The fourth-order valence-electron chi connectivity index (χ4n) is 2.12. The summed E-state index contributed by atoms with van der Waals surface area (Å²) in [7, 11) is 0. The number of hydrogen-bond donors (Lipinski definition) is 1. The minimum Gasteiger partial charge on any atom is -0.397 e. The summed E-state index contributed by atoms with van der Waals surface area (Å²) in [6.07, 6.45) is 1.96. The molecule has 0 bridgehead atoms. The van der Waals surface area contributed by atoms with Gasteiger partial charge in [0, 0.05) is 24.4 Å². The number of anilines is 1. The Morgan fingerprint density at radius 1 is 1.35 bits per heavy atom. The number of nitrogens with zero attached hydrogens (tertiary/aromatic N) is 3. The summed E-state index contributed by atoms with van der Waals surface area (Å²) in [5.74, 6) is -0.0162. The van der Waals surface area contributed by atoms with Crippen molar-refractivity contribution in [3.8, 4) is 0 Å². The first-order valence-electron chi connectivity index (χ1n) is 6.69. The number of hydrogen-bond acceptors (Lipinski definition) is 4. The van der Waals surface area contributed by atoms with E-state index in [4.69, 9.17) is 5.73 Å². The van der Waals surface area contributed by atoms with Crippen LogP contribution in [-0.4, -0.2) is 20.5 Å². The SMILES string of the molecule is Cc1ncc(CC(=O)c2cc(C)n(C(C)C)n2)cc1N. The van der Waals surface area contributed by atoms with Crippen LogP contribution in [0.25, 0.3) is 0 Å². The first kappa shape index (κ1) is 14.2. The van der Waals surface area contributed by atoms with Crippen LogP contribution < -0.4 is 5.73 Å². The third kappa shape index (κ3) is 2.87. The molecule has 5 nitrogen and oxygen atoms in total. The highest BCUT2D eigenvalue weighted by molar-refractivity contribution is 5.95. The molecular weight excluding hydrogens is 252 g/mol. The lowest BCUT2D eigenvalue weighted by Crippen LogP contribution is -2.09. The fourth-order valence-corrected chi connectivity index (χ4v) is 2.12. The molecule has 2 heterocycles. The summed E-state index contributed by atoms with van der Waals surface area (Å²) in [4.78, 5) is 16.4. The van der Waals surface area contributed by atoms with Crippen LogP contribution in [0.5, 0.6) is 0 Å². The largest absolute Gasteiger partial charge is 0.397 e. The Morgan fingerprint density at radius 2 is 2.05 bits per heavy atom. The predicted molar refractivity (Wildman–Crippen MR) is 78.8 cm³/mol. The molecule has 2 aromatic heterocycles. The molecule has 0 aliphatic rings. The molecule has 0 radical (unpaired) electrons. The first-order chi connectivity index (χ1) is 9.38. The van der Waals surface area contributed by atoms with Gasteiger partial charge >= 0.3 is 0 Å². The van der Waals surface area contributed by atoms with Gasteiger partial charge in [0.25, 0.3) is 0 Å². The molecule has 0 saturated carbocycles. The zero-order valence-electron chi connectivity index (χ0n) is 12.3. The molecule has 0 amide bonds. The molecule has 0 unspecified atom stereocenters. The second kappa shape index (κ2) is 5.45. The standard InChI is InChI=1S/C15H20N4O/c1-9(2)19-10(3)5-14(18-19)15(20)7-12-6-13(16)11(4)17-8-12/h5-6,8-9H,7,16H2,1-4H3. The van der Waals surface area contributed by atoms with E-state index in [1.807, 2.05) is 38.4 Å². The number of aryl methyl sites for hydroxylation is 2. The van der Waals surface area contributed by atoms with Crippen LogP contribution in [0.4, 0.5) is 5.69 Å². The third-order valence-electron chi connectivity index (χ3n) is 3.24. The van der Waals surface area contributed by atoms with Crippen molar-refractivity contribution in [2.45, 2.75) is 40.2 Å². The number of aromatic nitrogens is 3. The van der Waals surface area contributed by atoms with Gasteiger partial charge in [0.15, 0.2) is 5.78 Å². The molecule has 0 fully saturated rings. The van der Waals surface area contributed by atoms with E-state index < -0.39 is 0 Å². The van der Waals surface area contributed by atoms with E-state index in [1.165, 1.54) is 0 Å². The predicted octanol–water partition coefficient (Wildman–Crippen LogP) is 2.48. The van der Waals surface area contributed by atoms with Crippen molar-refractivity contribution in [2.75, 3.05) is 5.73 Å². The normalized spacial score (nSPS) is 11.1. The van der Waals surface area contributed by atoms with E-state index in [-0.39, 0.29) is 18.2 Å². The molecule has 5 heteroatoms. The maximum absolute atomic E-state index is 12.3. The van der Waals surface area contributed by atoms with Gasteiger partial charge in [0.05, 0.1) is 11.4 Å². The van der Waals surface area contributed by atoms with Gasteiger partial charge in [-0.05, 0) is 45.4 Å². The smallest absolute Gasteiger partial charge is 0.187 e. The Kier molecular flexibility index (Phi) is 3.88. The Balaban J connectivity index is 2.19. The van der Waals surface area contributed by atoms with Crippen LogP contribution in [0.2, 0.25) is 0 Å². The van der Waals surface area contributed by atoms with Gasteiger partial charge < -0.3 is 5.73 Å². The zero-order valence-corrected chi connectivity index (χ0v) is 12.3. The summed E-state index contributed by atoms with van der Waals surface area (Å²) in [6.45, 7) is 7.88. The maximum Gasteiger partial charge on any atom is 0.187 e. The van der Waals surface area contributed by atoms with Crippen LogP contribution in [0, 0.1) is 13.8 Å².